The van der Waals surface area contributed by atoms with E-state index < -0.39 is 11.7 Å². The van der Waals surface area contributed by atoms with E-state index in [-0.39, 0.29) is 18.7 Å². The van der Waals surface area contributed by atoms with Crippen LogP contribution in [0.15, 0.2) is 66.7 Å². The smallest absolute Gasteiger partial charge is 0.398 e. The van der Waals surface area contributed by atoms with Crippen molar-refractivity contribution in [1.82, 2.24) is 0 Å². The zero-order chi connectivity index (χ0) is 24.9. The van der Waals surface area contributed by atoms with Gasteiger partial charge in [0.25, 0.3) is 0 Å². The molecule has 178 valence electrons. The molecule has 0 amide bonds. The van der Waals surface area contributed by atoms with Crippen LogP contribution in [0, 0.1) is 0 Å². The molecule has 0 fully saturated rings. The van der Waals surface area contributed by atoms with E-state index in [1.807, 2.05) is 24.3 Å². The quantitative estimate of drug-likeness (QED) is 0.251. The Hall–Kier alpha value is -3.81. The molecule has 0 unspecified atom stereocenters. The topological polar surface area (TPSA) is 104 Å². The fourth-order valence-corrected chi connectivity index (χ4v) is 4.99. The number of halogens is 3. The number of fused-ring (bicyclic) bond motifs is 3. The van der Waals surface area contributed by atoms with Gasteiger partial charge in [-0.3, -0.25) is 0 Å². The first-order valence-corrected chi connectivity index (χ1v) is 11.3. The molecule has 1 aliphatic carbocycles. The van der Waals surface area contributed by atoms with E-state index in [0.717, 1.165) is 16.7 Å². The standard InChI is InChI=1S/C28H25F3N4/c29-28(30,31)23-12-21-20-4-2-1-3-15(20)11-22(21)26(16-5-7-24(34)18(9-16)13-32)27(23)17-6-8-25(35)19(10-17)14-33/h1-10,12H,11,13-14,32-35H2. The monoisotopic (exact) mass is 474 g/mol. The Kier molecular flexibility index (Phi) is 5.54. The highest BCUT2D eigenvalue weighted by Crippen LogP contribution is 2.51. The maximum atomic E-state index is 14.7. The van der Waals surface area contributed by atoms with Crippen LogP contribution in [0.2, 0.25) is 0 Å². The van der Waals surface area contributed by atoms with Gasteiger partial charge in [0.15, 0.2) is 0 Å². The maximum Gasteiger partial charge on any atom is 0.417 e. The lowest BCUT2D eigenvalue weighted by atomic mass is 9.83. The van der Waals surface area contributed by atoms with Crippen molar-refractivity contribution in [1.29, 1.82) is 0 Å². The van der Waals surface area contributed by atoms with E-state index in [0.29, 0.717) is 51.2 Å². The normalized spacial score (nSPS) is 12.5. The van der Waals surface area contributed by atoms with Gasteiger partial charge in [0, 0.05) is 30.0 Å². The van der Waals surface area contributed by atoms with Crippen LogP contribution in [0.1, 0.15) is 27.8 Å². The first-order chi connectivity index (χ1) is 16.7. The maximum absolute atomic E-state index is 14.7. The van der Waals surface area contributed by atoms with Gasteiger partial charge in [-0.25, -0.2) is 0 Å². The molecular weight excluding hydrogens is 449 g/mol. The minimum atomic E-state index is -4.59. The summed E-state index contributed by atoms with van der Waals surface area (Å²) in [5.74, 6) is 0. The van der Waals surface area contributed by atoms with Crippen molar-refractivity contribution in [2.24, 2.45) is 11.5 Å². The van der Waals surface area contributed by atoms with Crippen LogP contribution in [-0.4, -0.2) is 0 Å². The summed E-state index contributed by atoms with van der Waals surface area (Å²) in [5.41, 5.74) is 30.2. The van der Waals surface area contributed by atoms with Crippen molar-refractivity contribution in [2.45, 2.75) is 25.7 Å². The largest absolute Gasteiger partial charge is 0.417 e. The fraction of sp³-hybridized carbons (Fsp3) is 0.143. The van der Waals surface area contributed by atoms with E-state index in [2.05, 4.69) is 0 Å². The predicted molar refractivity (Wildman–Crippen MR) is 135 cm³/mol. The molecule has 0 atom stereocenters. The number of anilines is 2. The van der Waals surface area contributed by atoms with Crippen LogP contribution in [-0.2, 0) is 25.7 Å². The highest BCUT2D eigenvalue weighted by Gasteiger charge is 2.38. The average molecular weight is 475 g/mol. The molecule has 0 saturated heterocycles. The minimum absolute atomic E-state index is 0.103. The molecule has 0 radical (unpaired) electrons. The van der Waals surface area contributed by atoms with Gasteiger partial charge in [-0.15, -0.1) is 0 Å². The summed E-state index contributed by atoms with van der Waals surface area (Å²) in [7, 11) is 0. The number of hydrogen-bond donors (Lipinski definition) is 4. The molecule has 0 aromatic heterocycles. The minimum Gasteiger partial charge on any atom is -0.398 e. The van der Waals surface area contributed by atoms with E-state index in [9.17, 15) is 13.2 Å². The zero-order valence-electron chi connectivity index (χ0n) is 18.9. The van der Waals surface area contributed by atoms with Crippen LogP contribution in [0.3, 0.4) is 0 Å². The number of alkyl halides is 3. The Morgan fingerprint density at radius 2 is 1.26 bits per heavy atom. The van der Waals surface area contributed by atoms with Crippen molar-refractivity contribution in [3.05, 3.63) is 94.5 Å². The molecule has 4 nitrogen and oxygen atoms in total. The van der Waals surface area contributed by atoms with Crippen molar-refractivity contribution in [2.75, 3.05) is 11.5 Å². The Morgan fingerprint density at radius 3 is 1.83 bits per heavy atom. The van der Waals surface area contributed by atoms with Crippen molar-refractivity contribution in [3.63, 3.8) is 0 Å². The summed E-state index contributed by atoms with van der Waals surface area (Å²) in [4.78, 5) is 0. The Bertz CT molecular complexity index is 1460. The van der Waals surface area contributed by atoms with Crippen molar-refractivity contribution in [3.8, 4) is 33.4 Å². The summed E-state index contributed by atoms with van der Waals surface area (Å²) >= 11 is 0. The second-order valence-corrected chi connectivity index (χ2v) is 8.77. The van der Waals surface area contributed by atoms with Gasteiger partial charge in [-0.1, -0.05) is 36.4 Å². The SMILES string of the molecule is NCc1cc(-c2c(C(F)(F)F)cc3c(c2-c2ccc(N)c(CN)c2)Cc2ccccc2-3)ccc1N. The van der Waals surface area contributed by atoms with E-state index in [1.165, 1.54) is 6.07 Å². The Morgan fingerprint density at radius 1 is 0.686 bits per heavy atom. The molecule has 0 bridgehead atoms. The summed E-state index contributed by atoms with van der Waals surface area (Å²) in [5, 5.41) is 0. The molecule has 4 aromatic rings. The third-order valence-corrected chi connectivity index (χ3v) is 6.72. The number of rotatable bonds is 4. The predicted octanol–water partition coefficient (Wildman–Crippen LogP) is 5.69. The van der Waals surface area contributed by atoms with Gasteiger partial charge in [-0.05, 0) is 86.8 Å². The molecule has 0 saturated carbocycles. The number of nitrogen functional groups attached to an aromatic ring is 2. The van der Waals surface area contributed by atoms with Crippen LogP contribution < -0.4 is 22.9 Å². The van der Waals surface area contributed by atoms with Gasteiger partial charge in [-0.2, -0.15) is 13.2 Å². The summed E-state index contributed by atoms with van der Waals surface area (Å²) in [6, 6.07) is 19.0. The number of hydrogen-bond acceptors (Lipinski definition) is 4. The second-order valence-electron chi connectivity index (χ2n) is 8.77. The van der Waals surface area contributed by atoms with Gasteiger partial charge in [0.2, 0.25) is 0 Å². The Balaban J connectivity index is 1.93. The van der Waals surface area contributed by atoms with Crippen molar-refractivity contribution < 1.29 is 13.2 Å². The van der Waals surface area contributed by atoms with Gasteiger partial charge < -0.3 is 22.9 Å². The third kappa shape index (κ3) is 3.83. The zero-order valence-corrected chi connectivity index (χ0v) is 18.9. The van der Waals surface area contributed by atoms with Crippen LogP contribution in [0.5, 0.6) is 0 Å². The average Bonchev–Trinajstić information content (AvgIpc) is 3.21. The first kappa shape index (κ1) is 23.0. The molecule has 5 rings (SSSR count). The first-order valence-electron chi connectivity index (χ1n) is 11.3. The molecule has 0 heterocycles. The lowest BCUT2D eigenvalue weighted by Gasteiger charge is -2.23. The van der Waals surface area contributed by atoms with Gasteiger partial charge in [0.1, 0.15) is 0 Å². The summed E-state index contributed by atoms with van der Waals surface area (Å²) in [6.45, 7) is 0.293. The third-order valence-electron chi connectivity index (χ3n) is 6.72. The molecule has 8 N–H and O–H groups in total. The van der Waals surface area contributed by atoms with Gasteiger partial charge in [0.05, 0.1) is 5.56 Å². The highest BCUT2D eigenvalue weighted by molar-refractivity contribution is 5.96. The highest BCUT2D eigenvalue weighted by atomic mass is 19.4. The molecule has 7 heteroatoms. The number of nitrogens with two attached hydrogens (primary N) is 4. The van der Waals surface area contributed by atoms with Crippen LogP contribution in [0.25, 0.3) is 33.4 Å². The molecule has 0 aliphatic heterocycles. The van der Waals surface area contributed by atoms with Crippen LogP contribution in [0.4, 0.5) is 24.5 Å². The second kappa shape index (κ2) is 8.45. The molecule has 4 aromatic carbocycles. The lowest BCUT2D eigenvalue weighted by molar-refractivity contribution is -0.137. The summed E-state index contributed by atoms with van der Waals surface area (Å²) in [6.07, 6.45) is -4.07. The number of benzene rings is 4. The fourth-order valence-electron chi connectivity index (χ4n) is 4.99. The van der Waals surface area contributed by atoms with Crippen LogP contribution >= 0.6 is 0 Å². The van der Waals surface area contributed by atoms with E-state index in [4.69, 9.17) is 22.9 Å². The molecular formula is C28H25F3N4. The van der Waals surface area contributed by atoms with Crippen molar-refractivity contribution >= 4 is 11.4 Å². The van der Waals surface area contributed by atoms with E-state index in [1.54, 1.807) is 36.4 Å². The van der Waals surface area contributed by atoms with E-state index >= 15 is 0 Å². The Labute approximate surface area is 201 Å². The summed E-state index contributed by atoms with van der Waals surface area (Å²) < 4.78 is 44.0. The molecule has 1 aliphatic rings. The van der Waals surface area contributed by atoms with Gasteiger partial charge >= 0.3 is 6.18 Å². The molecule has 0 spiro atoms. The lowest BCUT2D eigenvalue weighted by Crippen LogP contribution is -2.11. The molecule has 35 heavy (non-hydrogen) atoms.